The maximum atomic E-state index is 13.8. The van der Waals surface area contributed by atoms with Gasteiger partial charge in [0, 0.05) is 23.8 Å². The van der Waals surface area contributed by atoms with Crippen molar-refractivity contribution in [2.75, 3.05) is 11.9 Å². The minimum Gasteiger partial charge on any atom is -0.325 e. The molecule has 120 valence electrons. The first-order chi connectivity index (χ1) is 11.1. The van der Waals surface area contributed by atoms with Crippen LogP contribution in [-0.4, -0.2) is 23.4 Å². The molecule has 0 unspecified atom stereocenters. The van der Waals surface area contributed by atoms with Crippen LogP contribution in [0.5, 0.6) is 0 Å². The Hall–Kier alpha value is -2.20. The average Bonchev–Trinajstić information content (AvgIpc) is 3.36. The lowest BCUT2D eigenvalue weighted by atomic mass is 10.2. The van der Waals surface area contributed by atoms with Crippen molar-refractivity contribution in [3.8, 4) is 0 Å². The van der Waals surface area contributed by atoms with E-state index in [4.69, 9.17) is 0 Å². The Labute approximate surface area is 136 Å². The molecule has 0 atom stereocenters. The van der Waals surface area contributed by atoms with E-state index >= 15 is 0 Å². The van der Waals surface area contributed by atoms with Gasteiger partial charge in [-0.3, -0.25) is 9.69 Å². The topological polar surface area (TPSA) is 32.3 Å². The molecule has 0 bridgehead atoms. The lowest BCUT2D eigenvalue weighted by Crippen LogP contribution is -2.34. The van der Waals surface area contributed by atoms with E-state index in [2.05, 4.69) is 10.2 Å². The largest absolute Gasteiger partial charge is 0.325 e. The van der Waals surface area contributed by atoms with Crippen molar-refractivity contribution in [1.29, 1.82) is 0 Å². The first-order valence-electron chi connectivity index (χ1n) is 7.96. The molecule has 1 aliphatic carbocycles. The molecule has 0 aromatic heterocycles. The first kappa shape index (κ1) is 15.7. The third kappa shape index (κ3) is 4.39. The van der Waals surface area contributed by atoms with E-state index in [1.54, 1.807) is 12.1 Å². The Kier molecular flexibility index (Phi) is 4.72. The normalized spacial score (nSPS) is 14.0. The van der Waals surface area contributed by atoms with Gasteiger partial charge in [-0.1, -0.05) is 35.9 Å². The summed E-state index contributed by atoms with van der Waals surface area (Å²) in [4.78, 5) is 14.3. The van der Waals surface area contributed by atoms with Gasteiger partial charge in [-0.2, -0.15) is 0 Å². The number of aryl methyl sites for hydroxylation is 1. The molecule has 0 spiro atoms. The van der Waals surface area contributed by atoms with Crippen LogP contribution in [0, 0.1) is 12.7 Å². The number of halogens is 1. The lowest BCUT2D eigenvalue weighted by Gasteiger charge is -2.21. The van der Waals surface area contributed by atoms with E-state index in [1.807, 2.05) is 37.3 Å². The van der Waals surface area contributed by atoms with Crippen molar-refractivity contribution in [1.82, 2.24) is 4.90 Å². The van der Waals surface area contributed by atoms with Gasteiger partial charge in [0.25, 0.3) is 0 Å². The summed E-state index contributed by atoms with van der Waals surface area (Å²) in [5.41, 5.74) is 2.59. The fourth-order valence-corrected chi connectivity index (χ4v) is 2.62. The van der Waals surface area contributed by atoms with Crippen LogP contribution < -0.4 is 5.32 Å². The summed E-state index contributed by atoms with van der Waals surface area (Å²) in [6.07, 6.45) is 2.15. The van der Waals surface area contributed by atoms with Crippen molar-refractivity contribution >= 4 is 11.6 Å². The maximum absolute atomic E-state index is 13.8. The minimum atomic E-state index is -0.211. The van der Waals surface area contributed by atoms with Gasteiger partial charge >= 0.3 is 0 Å². The molecule has 2 aromatic carbocycles. The molecule has 1 aliphatic rings. The highest BCUT2D eigenvalue weighted by Crippen LogP contribution is 2.28. The van der Waals surface area contributed by atoms with E-state index in [-0.39, 0.29) is 18.3 Å². The van der Waals surface area contributed by atoms with Crippen LogP contribution in [0.25, 0.3) is 0 Å². The van der Waals surface area contributed by atoms with E-state index in [1.165, 1.54) is 6.07 Å². The lowest BCUT2D eigenvalue weighted by molar-refractivity contribution is -0.117. The van der Waals surface area contributed by atoms with E-state index in [0.717, 1.165) is 24.1 Å². The molecule has 0 radical (unpaired) electrons. The maximum Gasteiger partial charge on any atom is 0.238 e. The van der Waals surface area contributed by atoms with Crippen LogP contribution in [-0.2, 0) is 11.3 Å². The molecule has 1 N–H and O–H groups in total. The van der Waals surface area contributed by atoms with Crippen molar-refractivity contribution in [2.24, 2.45) is 0 Å². The van der Waals surface area contributed by atoms with Crippen LogP contribution in [0.3, 0.4) is 0 Å². The second-order valence-corrected chi connectivity index (χ2v) is 6.14. The molecule has 1 fully saturated rings. The van der Waals surface area contributed by atoms with Gasteiger partial charge in [-0.25, -0.2) is 4.39 Å². The first-order valence-corrected chi connectivity index (χ1v) is 7.96. The Morgan fingerprint density at radius 1 is 1.17 bits per heavy atom. The highest BCUT2D eigenvalue weighted by Gasteiger charge is 2.30. The van der Waals surface area contributed by atoms with Crippen LogP contribution in [0.2, 0.25) is 0 Å². The molecule has 1 saturated carbocycles. The number of carbonyl (C=O) groups excluding carboxylic acids is 1. The zero-order chi connectivity index (χ0) is 16.2. The second-order valence-electron chi connectivity index (χ2n) is 6.14. The number of hydrogen-bond donors (Lipinski definition) is 1. The molecular formula is C19H21FN2O. The number of carbonyl (C=O) groups is 1. The van der Waals surface area contributed by atoms with Gasteiger partial charge < -0.3 is 5.32 Å². The molecule has 3 nitrogen and oxygen atoms in total. The number of nitrogens with zero attached hydrogens (tertiary/aromatic N) is 1. The Morgan fingerprint density at radius 2 is 1.87 bits per heavy atom. The Morgan fingerprint density at radius 3 is 2.52 bits per heavy atom. The number of rotatable bonds is 6. The summed E-state index contributed by atoms with van der Waals surface area (Å²) in [6, 6.07) is 14.9. The van der Waals surface area contributed by atoms with Crippen molar-refractivity contribution in [2.45, 2.75) is 32.4 Å². The summed E-state index contributed by atoms with van der Waals surface area (Å²) in [5.74, 6) is -0.269. The summed E-state index contributed by atoms with van der Waals surface area (Å²) >= 11 is 0. The highest BCUT2D eigenvalue weighted by molar-refractivity contribution is 5.92. The number of hydrogen-bond acceptors (Lipinski definition) is 2. The van der Waals surface area contributed by atoms with Gasteiger partial charge in [0.2, 0.25) is 5.91 Å². The Balaban J connectivity index is 1.62. The standard InChI is InChI=1S/C19H21FN2O/c1-14-6-8-16(9-7-14)21-19(23)13-22(17-10-11-17)12-15-4-2-3-5-18(15)20/h2-9,17H,10-13H2,1H3,(H,21,23). The minimum absolute atomic E-state index is 0.0582. The number of nitrogens with one attached hydrogen (secondary N) is 1. The highest BCUT2D eigenvalue weighted by atomic mass is 19.1. The zero-order valence-electron chi connectivity index (χ0n) is 13.3. The van der Waals surface area contributed by atoms with E-state index < -0.39 is 0 Å². The van der Waals surface area contributed by atoms with Crippen LogP contribution >= 0.6 is 0 Å². The molecule has 1 amide bonds. The van der Waals surface area contributed by atoms with Crippen molar-refractivity contribution in [3.63, 3.8) is 0 Å². The summed E-state index contributed by atoms with van der Waals surface area (Å²) in [5, 5.41) is 2.91. The Bertz CT molecular complexity index is 680. The predicted octanol–water partition coefficient (Wildman–Crippen LogP) is 3.74. The molecule has 0 aliphatic heterocycles. The van der Waals surface area contributed by atoms with Gasteiger partial charge in [0.1, 0.15) is 5.82 Å². The van der Waals surface area contributed by atoms with Crippen LogP contribution in [0.1, 0.15) is 24.0 Å². The summed E-state index contributed by atoms with van der Waals surface area (Å²) < 4.78 is 13.8. The second kappa shape index (κ2) is 6.92. The number of amides is 1. The molecule has 0 saturated heterocycles. The quantitative estimate of drug-likeness (QED) is 0.881. The SMILES string of the molecule is Cc1ccc(NC(=O)CN(Cc2ccccc2F)C2CC2)cc1. The third-order valence-corrected chi connectivity index (χ3v) is 4.08. The van der Waals surface area contributed by atoms with Gasteiger partial charge in [0.15, 0.2) is 0 Å². The summed E-state index contributed by atoms with van der Waals surface area (Å²) in [6.45, 7) is 2.76. The van der Waals surface area contributed by atoms with Crippen molar-refractivity contribution in [3.05, 3.63) is 65.5 Å². The molecular weight excluding hydrogens is 291 g/mol. The fraction of sp³-hybridized carbons (Fsp3) is 0.316. The molecule has 3 rings (SSSR count). The van der Waals surface area contributed by atoms with Crippen LogP contribution in [0.15, 0.2) is 48.5 Å². The average molecular weight is 312 g/mol. The monoisotopic (exact) mass is 312 g/mol. The van der Waals surface area contributed by atoms with E-state index in [9.17, 15) is 9.18 Å². The number of benzene rings is 2. The van der Waals surface area contributed by atoms with Gasteiger partial charge in [0.05, 0.1) is 6.54 Å². The van der Waals surface area contributed by atoms with Gasteiger partial charge in [-0.05, 0) is 38.0 Å². The third-order valence-electron chi connectivity index (χ3n) is 4.08. The molecule has 0 heterocycles. The van der Waals surface area contributed by atoms with Crippen molar-refractivity contribution < 1.29 is 9.18 Å². The molecule has 23 heavy (non-hydrogen) atoms. The van der Waals surface area contributed by atoms with E-state index in [0.29, 0.717) is 18.2 Å². The van der Waals surface area contributed by atoms with Gasteiger partial charge in [-0.15, -0.1) is 0 Å². The fourth-order valence-electron chi connectivity index (χ4n) is 2.62. The molecule has 4 heteroatoms. The zero-order valence-corrected chi connectivity index (χ0v) is 13.3. The molecule has 2 aromatic rings. The number of anilines is 1. The predicted molar refractivity (Wildman–Crippen MR) is 89.6 cm³/mol. The summed E-state index contributed by atoms with van der Waals surface area (Å²) in [7, 11) is 0. The van der Waals surface area contributed by atoms with Crippen LogP contribution in [0.4, 0.5) is 10.1 Å². The smallest absolute Gasteiger partial charge is 0.238 e.